The Kier molecular flexibility index (Phi) is 3.86. The fourth-order valence-electron chi connectivity index (χ4n) is 1.79. The lowest BCUT2D eigenvalue weighted by Crippen LogP contribution is -2.16. The number of nitrogens with zero attached hydrogens (tertiary/aromatic N) is 4. The van der Waals surface area contributed by atoms with Gasteiger partial charge in [0, 0.05) is 18.7 Å². The molecule has 2 N–H and O–H groups in total. The lowest BCUT2D eigenvalue weighted by molar-refractivity contribution is 0.582. The molecule has 6 heteroatoms. The first-order chi connectivity index (χ1) is 8.24. The van der Waals surface area contributed by atoms with Crippen LogP contribution in [0.5, 0.6) is 0 Å². The summed E-state index contributed by atoms with van der Waals surface area (Å²) in [6.07, 6.45) is 3.45. The average molecular weight is 251 g/mol. The summed E-state index contributed by atoms with van der Waals surface area (Å²) < 4.78 is 10.2. The van der Waals surface area contributed by atoms with Crippen molar-refractivity contribution in [2.75, 3.05) is 0 Å². The summed E-state index contributed by atoms with van der Waals surface area (Å²) in [6.45, 7) is 5.07. The van der Waals surface area contributed by atoms with Crippen LogP contribution in [0.15, 0.2) is 12.3 Å². The van der Waals surface area contributed by atoms with Gasteiger partial charge in [-0.1, -0.05) is 6.92 Å². The third kappa shape index (κ3) is 2.70. The summed E-state index contributed by atoms with van der Waals surface area (Å²) >= 11 is 1.20. The van der Waals surface area contributed by atoms with Crippen molar-refractivity contribution in [2.45, 2.75) is 39.3 Å². The predicted octanol–water partition coefficient (Wildman–Crippen LogP) is 1.56. The van der Waals surface area contributed by atoms with Crippen molar-refractivity contribution >= 4 is 11.7 Å². The van der Waals surface area contributed by atoms with Crippen LogP contribution in [0.25, 0.3) is 0 Å². The molecule has 2 aromatic rings. The molecule has 2 rings (SSSR count). The SMILES string of the molecule is CCc1cc(CC(N)c2cnsn2)n(CC)n1. The van der Waals surface area contributed by atoms with Crippen LogP contribution in [0.3, 0.4) is 0 Å². The molecule has 0 radical (unpaired) electrons. The zero-order chi connectivity index (χ0) is 12.3. The Hall–Kier alpha value is -1.27. The molecule has 0 saturated carbocycles. The van der Waals surface area contributed by atoms with Crippen molar-refractivity contribution in [3.8, 4) is 0 Å². The Balaban J connectivity index is 2.15. The number of hydrogen-bond donors (Lipinski definition) is 1. The van der Waals surface area contributed by atoms with Gasteiger partial charge in [0.15, 0.2) is 0 Å². The van der Waals surface area contributed by atoms with Gasteiger partial charge in [-0.2, -0.15) is 13.8 Å². The van der Waals surface area contributed by atoms with E-state index in [0.717, 1.165) is 30.8 Å². The Morgan fingerprint density at radius 1 is 1.47 bits per heavy atom. The van der Waals surface area contributed by atoms with Crippen molar-refractivity contribution in [3.05, 3.63) is 29.3 Å². The largest absolute Gasteiger partial charge is 0.322 e. The van der Waals surface area contributed by atoms with Crippen molar-refractivity contribution in [1.82, 2.24) is 18.5 Å². The lowest BCUT2D eigenvalue weighted by atomic mass is 10.1. The number of aryl methyl sites for hydroxylation is 2. The van der Waals surface area contributed by atoms with Crippen LogP contribution in [0.4, 0.5) is 0 Å². The molecule has 0 aliphatic rings. The molecule has 0 spiro atoms. The molecule has 5 nitrogen and oxygen atoms in total. The molecule has 0 fully saturated rings. The van der Waals surface area contributed by atoms with Gasteiger partial charge in [0.1, 0.15) is 0 Å². The maximum Gasteiger partial charge on any atom is 0.0914 e. The molecular weight excluding hydrogens is 234 g/mol. The van der Waals surface area contributed by atoms with E-state index in [2.05, 4.69) is 33.8 Å². The van der Waals surface area contributed by atoms with Gasteiger partial charge in [0.05, 0.1) is 35.4 Å². The molecule has 0 saturated heterocycles. The highest BCUT2D eigenvalue weighted by molar-refractivity contribution is 6.99. The van der Waals surface area contributed by atoms with E-state index in [-0.39, 0.29) is 6.04 Å². The number of hydrogen-bond acceptors (Lipinski definition) is 5. The first kappa shape index (κ1) is 12.2. The summed E-state index contributed by atoms with van der Waals surface area (Å²) in [4.78, 5) is 0. The lowest BCUT2D eigenvalue weighted by Gasteiger charge is -2.09. The quantitative estimate of drug-likeness (QED) is 0.875. The molecule has 0 bridgehead atoms. The summed E-state index contributed by atoms with van der Waals surface area (Å²) in [7, 11) is 0. The summed E-state index contributed by atoms with van der Waals surface area (Å²) in [5.74, 6) is 0. The Bertz CT molecular complexity index is 462. The Morgan fingerprint density at radius 3 is 2.88 bits per heavy atom. The fraction of sp³-hybridized carbons (Fsp3) is 0.545. The molecule has 17 heavy (non-hydrogen) atoms. The highest BCUT2D eigenvalue weighted by atomic mass is 32.1. The maximum atomic E-state index is 6.11. The van der Waals surface area contributed by atoms with Crippen molar-refractivity contribution in [2.24, 2.45) is 5.73 Å². The third-order valence-corrected chi connectivity index (χ3v) is 3.26. The van der Waals surface area contributed by atoms with Crippen molar-refractivity contribution < 1.29 is 0 Å². The van der Waals surface area contributed by atoms with Gasteiger partial charge in [-0.05, 0) is 19.4 Å². The fourth-order valence-corrected chi connectivity index (χ4v) is 2.27. The molecular formula is C11H17N5S. The molecule has 2 aromatic heterocycles. The van der Waals surface area contributed by atoms with Gasteiger partial charge < -0.3 is 5.73 Å². The van der Waals surface area contributed by atoms with Gasteiger partial charge in [-0.25, -0.2) is 0 Å². The Labute approximate surface area is 105 Å². The first-order valence-electron chi connectivity index (χ1n) is 5.83. The first-order valence-corrected chi connectivity index (χ1v) is 6.56. The smallest absolute Gasteiger partial charge is 0.0914 e. The summed E-state index contributed by atoms with van der Waals surface area (Å²) in [5, 5.41) is 4.51. The van der Waals surface area contributed by atoms with E-state index in [9.17, 15) is 0 Å². The van der Waals surface area contributed by atoms with E-state index in [1.54, 1.807) is 6.20 Å². The second-order valence-corrected chi connectivity index (χ2v) is 4.50. The van der Waals surface area contributed by atoms with Crippen molar-refractivity contribution in [1.29, 1.82) is 0 Å². The highest BCUT2D eigenvalue weighted by Crippen LogP contribution is 2.15. The second kappa shape index (κ2) is 5.37. The predicted molar refractivity (Wildman–Crippen MR) is 67.8 cm³/mol. The van der Waals surface area contributed by atoms with E-state index < -0.39 is 0 Å². The molecule has 1 unspecified atom stereocenters. The molecule has 2 heterocycles. The zero-order valence-corrected chi connectivity index (χ0v) is 10.9. The normalized spacial score (nSPS) is 12.9. The maximum absolute atomic E-state index is 6.11. The Morgan fingerprint density at radius 2 is 2.29 bits per heavy atom. The second-order valence-electron chi connectivity index (χ2n) is 3.94. The molecule has 1 atom stereocenters. The summed E-state index contributed by atoms with van der Waals surface area (Å²) in [6, 6.07) is 2.03. The average Bonchev–Trinajstić information content (AvgIpc) is 2.97. The molecule has 92 valence electrons. The minimum atomic E-state index is -0.0968. The van der Waals surface area contributed by atoms with E-state index in [0.29, 0.717) is 0 Å². The van der Waals surface area contributed by atoms with E-state index >= 15 is 0 Å². The van der Waals surface area contributed by atoms with Gasteiger partial charge in [0.2, 0.25) is 0 Å². The van der Waals surface area contributed by atoms with Crippen LogP contribution in [-0.4, -0.2) is 18.5 Å². The van der Waals surface area contributed by atoms with Crippen LogP contribution in [0, 0.1) is 0 Å². The van der Waals surface area contributed by atoms with Gasteiger partial charge in [0.25, 0.3) is 0 Å². The number of rotatable bonds is 5. The van der Waals surface area contributed by atoms with Gasteiger partial charge in [-0.3, -0.25) is 4.68 Å². The topological polar surface area (TPSA) is 69.6 Å². The van der Waals surface area contributed by atoms with Gasteiger partial charge >= 0.3 is 0 Å². The van der Waals surface area contributed by atoms with Crippen LogP contribution in [0.2, 0.25) is 0 Å². The standard InChI is InChI=1S/C11H17N5S/c1-3-8-5-9(16(4-2)14-8)6-10(12)11-7-13-17-15-11/h5,7,10H,3-4,6,12H2,1-2H3. The third-order valence-electron chi connectivity index (χ3n) is 2.76. The van der Waals surface area contributed by atoms with Crippen LogP contribution >= 0.6 is 11.7 Å². The summed E-state index contributed by atoms with van der Waals surface area (Å²) in [5.41, 5.74) is 9.25. The highest BCUT2D eigenvalue weighted by Gasteiger charge is 2.14. The van der Waals surface area contributed by atoms with Crippen LogP contribution < -0.4 is 5.73 Å². The van der Waals surface area contributed by atoms with E-state index in [1.807, 2.05) is 4.68 Å². The molecule has 0 aromatic carbocycles. The molecule has 0 amide bonds. The van der Waals surface area contributed by atoms with E-state index in [4.69, 9.17) is 5.73 Å². The van der Waals surface area contributed by atoms with E-state index in [1.165, 1.54) is 17.4 Å². The van der Waals surface area contributed by atoms with Crippen molar-refractivity contribution in [3.63, 3.8) is 0 Å². The molecule has 0 aliphatic carbocycles. The van der Waals surface area contributed by atoms with Gasteiger partial charge in [-0.15, -0.1) is 0 Å². The monoisotopic (exact) mass is 251 g/mol. The number of aromatic nitrogens is 4. The zero-order valence-electron chi connectivity index (χ0n) is 10.1. The van der Waals surface area contributed by atoms with Crippen LogP contribution in [-0.2, 0) is 19.4 Å². The molecule has 0 aliphatic heterocycles. The van der Waals surface area contributed by atoms with Crippen LogP contribution in [0.1, 0.15) is 37.0 Å². The number of nitrogens with two attached hydrogens (primary N) is 1. The minimum absolute atomic E-state index is 0.0968. The minimum Gasteiger partial charge on any atom is -0.322 e.